The molecule has 0 aromatic heterocycles. The summed E-state index contributed by atoms with van der Waals surface area (Å²) in [7, 11) is 1.11. The Hall–Kier alpha value is -1.35. The van der Waals surface area contributed by atoms with Gasteiger partial charge >= 0.3 is 5.97 Å². The number of aliphatic hydroxyl groups excluding tert-OH is 5. The van der Waals surface area contributed by atoms with Crippen LogP contribution in [0.4, 0.5) is 0 Å². The second-order valence-corrected chi connectivity index (χ2v) is 7.83. The van der Waals surface area contributed by atoms with Crippen molar-refractivity contribution in [3.63, 3.8) is 0 Å². The standard InChI is InChI=1S/C17H24O12/c1-16-10-15(28-14-9(21)8(20)7(19)6(3-18)27-14)26-4-5(13(23)25-2)17(10,24)11(22)12(16)29-16/h4,6-12,14-15,18-22,24H,3H2,1-2H3/t6-,7-,8+,9-,10+,11+,12-,14+,15-,16+,17-/m0/s1. The van der Waals surface area contributed by atoms with Crippen LogP contribution in [0.1, 0.15) is 6.92 Å². The summed E-state index contributed by atoms with van der Waals surface area (Å²) in [6.45, 7) is 0.939. The zero-order chi connectivity index (χ0) is 21.3. The first-order chi connectivity index (χ1) is 13.6. The van der Waals surface area contributed by atoms with Crippen LogP contribution in [0.2, 0.25) is 0 Å². The summed E-state index contributed by atoms with van der Waals surface area (Å²) in [4.78, 5) is 12.1. The molecule has 6 N–H and O–H groups in total. The molecule has 0 spiro atoms. The average Bonchev–Trinajstić information content (AvgIpc) is 3.34. The molecule has 0 amide bonds. The molecule has 3 aliphatic heterocycles. The number of rotatable bonds is 4. The summed E-state index contributed by atoms with van der Waals surface area (Å²) in [5.41, 5.74) is -3.55. The van der Waals surface area contributed by atoms with E-state index in [0.717, 1.165) is 13.4 Å². The van der Waals surface area contributed by atoms with Gasteiger partial charge < -0.3 is 54.3 Å². The molecule has 2 saturated heterocycles. The number of fused-ring (bicyclic) bond motifs is 3. The van der Waals surface area contributed by atoms with Gasteiger partial charge in [-0.2, -0.15) is 0 Å². The summed E-state index contributed by atoms with van der Waals surface area (Å²) in [5.74, 6) is -2.03. The lowest BCUT2D eigenvalue weighted by Crippen LogP contribution is -2.63. The number of hydrogen-bond acceptors (Lipinski definition) is 12. The number of aliphatic hydroxyl groups is 6. The summed E-state index contributed by atoms with van der Waals surface area (Å²) in [6.07, 6.45) is -10.5. The van der Waals surface area contributed by atoms with Crippen LogP contribution in [0.25, 0.3) is 0 Å². The molecule has 0 unspecified atom stereocenters. The third kappa shape index (κ3) is 2.76. The molecule has 4 rings (SSSR count). The van der Waals surface area contributed by atoms with Crippen LogP contribution in [0, 0.1) is 5.92 Å². The van der Waals surface area contributed by atoms with E-state index in [1.165, 1.54) is 0 Å². The summed E-state index contributed by atoms with van der Waals surface area (Å²) < 4.78 is 26.5. The van der Waals surface area contributed by atoms with Crippen LogP contribution in [0.3, 0.4) is 0 Å². The molecule has 29 heavy (non-hydrogen) atoms. The van der Waals surface area contributed by atoms with E-state index in [1.54, 1.807) is 6.92 Å². The van der Waals surface area contributed by atoms with Gasteiger partial charge in [-0.05, 0) is 6.92 Å². The number of carbonyl (C=O) groups excluding carboxylic acids is 1. The maximum absolute atomic E-state index is 12.1. The third-order valence-electron chi connectivity index (χ3n) is 6.26. The minimum Gasteiger partial charge on any atom is -0.471 e. The Morgan fingerprint density at radius 1 is 1.17 bits per heavy atom. The molecule has 0 aromatic rings. The Morgan fingerprint density at radius 3 is 2.48 bits per heavy atom. The molecular weight excluding hydrogens is 396 g/mol. The molecule has 1 aliphatic carbocycles. The maximum atomic E-state index is 12.1. The molecule has 164 valence electrons. The van der Waals surface area contributed by atoms with E-state index >= 15 is 0 Å². The number of epoxide rings is 1. The van der Waals surface area contributed by atoms with Gasteiger partial charge in [-0.1, -0.05) is 0 Å². The van der Waals surface area contributed by atoms with E-state index < -0.39 is 78.9 Å². The first kappa shape index (κ1) is 20.9. The normalized spacial score (nSPS) is 53.4. The van der Waals surface area contributed by atoms with Crippen molar-refractivity contribution >= 4 is 5.97 Å². The van der Waals surface area contributed by atoms with Gasteiger partial charge in [0.1, 0.15) is 59.7 Å². The van der Waals surface area contributed by atoms with Crippen molar-refractivity contribution in [2.45, 2.75) is 67.3 Å². The van der Waals surface area contributed by atoms with Gasteiger partial charge in [0.2, 0.25) is 6.29 Å². The Bertz CT molecular complexity index is 711. The Kier molecular flexibility index (Phi) is 4.93. The van der Waals surface area contributed by atoms with Crippen molar-refractivity contribution in [3.8, 4) is 0 Å². The van der Waals surface area contributed by atoms with Crippen LogP contribution in [0.5, 0.6) is 0 Å². The van der Waals surface area contributed by atoms with Gasteiger partial charge in [-0.15, -0.1) is 0 Å². The molecule has 12 heteroatoms. The highest BCUT2D eigenvalue weighted by Gasteiger charge is 2.81. The maximum Gasteiger partial charge on any atom is 0.339 e. The Balaban J connectivity index is 1.64. The fourth-order valence-corrected chi connectivity index (χ4v) is 4.58. The van der Waals surface area contributed by atoms with Gasteiger partial charge in [0.05, 0.1) is 19.6 Å². The summed E-state index contributed by atoms with van der Waals surface area (Å²) >= 11 is 0. The van der Waals surface area contributed by atoms with Crippen LogP contribution in [0.15, 0.2) is 11.8 Å². The summed E-state index contributed by atoms with van der Waals surface area (Å²) in [5, 5.41) is 61.2. The number of esters is 1. The molecule has 4 aliphatic rings. The fourth-order valence-electron chi connectivity index (χ4n) is 4.58. The topological polar surface area (TPSA) is 188 Å². The Morgan fingerprint density at radius 2 is 1.86 bits per heavy atom. The fraction of sp³-hybridized carbons (Fsp3) is 0.824. The molecular formula is C17H24O12. The SMILES string of the molecule is COC(=O)C1=CO[C@@H](O[C@H]2O[C@@H](CO)[C@H](O)[C@@H](O)[C@@H]2O)[C@@H]2[C@@]3(C)O[C@H]3[C@@H](O)[C@]12O. The van der Waals surface area contributed by atoms with Crippen molar-refractivity contribution in [3.05, 3.63) is 11.8 Å². The van der Waals surface area contributed by atoms with Crippen molar-refractivity contribution in [1.82, 2.24) is 0 Å². The second-order valence-electron chi connectivity index (χ2n) is 7.83. The lowest BCUT2D eigenvalue weighted by atomic mass is 9.77. The first-order valence-corrected chi connectivity index (χ1v) is 9.09. The lowest BCUT2D eigenvalue weighted by molar-refractivity contribution is -0.350. The smallest absolute Gasteiger partial charge is 0.339 e. The highest BCUT2D eigenvalue weighted by molar-refractivity contribution is 5.91. The predicted octanol–water partition coefficient (Wildman–Crippen LogP) is -3.90. The number of hydrogen-bond donors (Lipinski definition) is 6. The molecule has 12 nitrogen and oxygen atoms in total. The van der Waals surface area contributed by atoms with Crippen molar-refractivity contribution in [2.24, 2.45) is 5.92 Å². The monoisotopic (exact) mass is 420 g/mol. The van der Waals surface area contributed by atoms with Gasteiger partial charge in [0, 0.05) is 0 Å². The van der Waals surface area contributed by atoms with E-state index in [0.29, 0.717) is 0 Å². The van der Waals surface area contributed by atoms with Crippen LogP contribution in [-0.4, -0.2) is 111 Å². The van der Waals surface area contributed by atoms with E-state index in [1.807, 2.05) is 0 Å². The average molecular weight is 420 g/mol. The molecule has 0 radical (unpaired) electrons. The first-order valence-electron chi connectivity index (χ1n) is 9.09. The van der Waals surface area contributed by atoms with Crippen molar-refractivity contribution < 1.29 is 59.1 Å². The molecule has 3 heterocycles. The molecule has 0 aromatic carbocycles. The lowest BCUT2D eigenvalue weighted by Gasteiger charge is -2.46. The molecule has 0 bridgehead atoms. The largest absolute Gasteiger partial charge is 0.471 e. The predicted molar refractivity (Wildman–Crippen MR) is 87.5 cm³/mol. The molecule has 1 saturated carbocycles. The number of methoxy groups -OCH3 is 1. The summed E-state index contributed by atoms with van der Waals surface area (Å²) in [6, 6.07) is 0. The Labute approximate surface area is 164 Å². The zero-order valence-electron chi connectivity index (χ0n) is 15.6. The minimum absolute atomic E-state index is 0.317. The highest BCUT2D eigenvalue weighted by atomic mass is 16.8. The number of carbonyl (C=O) groups is 1. The molecule has 11 atom stereocenters. The highest BCUT2D eigenvalue weighted by Crippen LogP contribution is 2.63. The van der Waals surface area contributed by atoms with Crippen LogP contribution >= 0.6 is 0 Å². The van der Waals surface area contributed by atoms with Gasteiger partial charge in [-0.25, -0.2) is 4.79 Å². The minimum atomic E-state index is -2.12. The van der Waals surface area contributed by atoms with Crippen molar-refractivity contribution in [2.75, 3.05) is 13.7 Å². The van der Waals surface area contributed by atoms with Crippen molar-refractivity contribution in [1.29, 1.82) is 0 Å². The van der Waals surface area contributed by atoms with E-state index in [9.17, 15) is 35.4 Å². The van der Waals surface area contributed by atoms with Gasteiger partial charge in [0.15, 0.2) is 6.29 Å². The number of ether oxygens (including phenoxy) is 5. The van der Waals surface area contributed by atoms with E-state index in [-0.39, 0.29) is 5.57 Å². The van der Waals surface area contributed by atoms with Crippen LogP contribution < -0.4 is 0 Å². The van der Waals surface area contributed by atoms with E-state index in [2.05, 4.69) is 4.74 Å². The zero-order valence-corrected chi connectivity index (χ0v) is 15.6. The van der Waals surface area contributed by atoms with Gasteiger partial charge in [0.25, 0.3) is 0 Å². The quantitative estimate of drug-likeness (QED) is 0.192. The van der Waals surface area contributed by atoms with Gasteiger partial charge in [-0.3, -0.25) is 0 Å². The van der Waals surface area contributed by atoms with E-state index in [4.69, 9.17) is 18.9 Å². The second kappa shape index (κ2) is 6.83. The third-order valence-corrected chi connectivity index (χ3v) is 6.26. The van der Waals surface area contributed by atoms with Crippen LogP contribution in [-0.2, 0) is 28.5 Å². The molecule has 3 fully saturated rings.